The summed E-state index contributed by atoms with van der Waals surface area (Å²) in [5.41, 5.74) is 18.7. The van der Waals surface area contributed by atoms with Crippen LogP contribution in [0.4, 0.5) is 0 Å². The standard InChI is InChI=1S/C62H51NO/c1-3-5-16-42(4-2)37-43-29-31-44(32-30-43)46-19-12-20-47(38-46)48-21-13-22-49(39-48)50-34-36-60-56(40-50)55-27-14-26-54(62(55)64-60)51-33-35-58-57(41-51)61-53(45-17-8-6-9-18-45)25-15-28-59(61)63(58)52-23-10-7-11-24-52/h6-15,17-36,38-42H,3-5,16,37H2,1-2H3. The third kappa shape index (κ3) is 7.29. The summed E-state index contributed by atoms with van der Waals surface area (Å²) in [5.74, 6) is 0.767. The Labute approximate surface area is 376 Å². The molecular weight excluding hydrogens is 775 g/mol. The summed E-state index contributed by atoms with van der Waals surface area (Å²) in [5, 5.41) is 4.70. The SMILES string of the molecule is CCCCC(CC)Cc1ccc(-c2cccc(-c3cccc(-c4ccc5oc6c(-c7ccc8c(c7)c7c(-c9ccccc9)cccc7n8-c7ccccc7)cccc6c5c4)c3)c2)cc1. The van der Waals surface area contributed by atoms with Gasteiger partial charge in [-0.05, 0) is 123 Å². The first-order chi connectivity index (χ1) is 31.6. The average Bonchev–Trinajstić information content (AvgIpc) is 3.91. The minimum absolute atomic E-state index is 0.767. The molecule has 0 N–H and O–H groups in total. The molecule has 0 amide bonds. The summed E-state index contributed by atoms with van der Waals surface area (Å²) < 4.78 is 9.18. The Bertz CT molecular complexity index is 3430. The Hall–Kier alpha value is -7.42. The van der Waals surface area contributed by atoms with Gasteiger partial charge in [-0.2, -0.15) is 0 Å². The van der Waals surface area contributed by atoms with Crippen LogP contribution in [-0.2, 0) is 6.42 Å². The molecule has 9 aromatic carbocycles. The molecule has 0 aliphatic carbocycles. The van der Waals surface area contributed by atoms with Gasteiger partial charge in [-0.15, -0.1) is 0 Å². The molecule has 64 heavy (non-hydrogen) atoms. The van der Waals surface area contributed by atoms with Crippen LogP contribution in [0.3, 0.4) is 0 Å². The summed E-state index contributed by atoms with van der Waals surface area (Å²) >= 11 is 0. The molecule has 0 aliphatic rings. The Morgan fingerprint density at radius 1 is 0.438 bits per heavy atom. The van der Waals surface area contributed by atoms with E-state index in [1.807, 2.05) is 0 Å². The highest BCUT2D eigenvalue weighted by molar-refractivity contribution is 6.17. The molecule has 0 saturated heterocycles. The topological polar surface area (TPSA) is 18.1 Å². The fraction of sp³-hybridized carbons (Fsp3) is 0.129. The second kappa shape index (κ2) is 17.0. The number of aromatic nitrogens is 1. The first kappa shape index (κ1) is 39.4. The lowest BCUT2D eigenvalue weighted by Crippen LogP contribution is -2.03. The number of nitrogens with zero attached hydrogens (tertiary/aromatic N) is 1. The van der Waals surface area contributed by atoms with Crippen molar-refractivity contribution in [3.8, 4) is 61.3 Å². The van der Waals surface area contributed by atoms with Gasteiger partial charge in [0.15, 0.2) is 0 Å². The Morgan fingerprint density at radius 3 is 1.75 bits per heavy atom. The van der Waals surface area contributed by atoms with Crippen molar-refractivity contribution in [3.63, 3.8) is 0 Å². The molecule has 310 valence electrons. The van der Waals surface area contributed by atoms with Crippen molar-refractivity contribution in [3.05, 3.63) is 212 Å². The van der Waals surface area contributed by atoms with E-state index < -0.39 is 0 Å². The van der Waals surface area contributed by atoms with Crippen molar-refractivity contribution < 1.29 is 4.42 Å². The van der Waals surface area contributed by atoms with Crippen LogP contribution in [0.25, 0.3) is 105 Å². The molecule has 0 bridgehead atoms. The summed E-state index contributed by atoms with van der Waals surface area (Å²) in [6.07, 6.45) is 6.32. The Morgan fingerprint density at radius 2 is 1.03 bits per heavy atom. The number of benzene rings is 9. The van der Waals surface area contributed by atoms with Crippen molar-refractivity contribution in [2.75, 3.05) is 0 Å². The van der Waals surface area contributed by atoms with E-state index in [9.17, 15) is 0 Å². The van der Waals surface area contributed by atoms with Crippen LogP contribution in [0.5, 0.6) is 0 Å². The van der Waals surface area contributed by atoms with Crippen molar-refractivity contribution in [2.45, 2.75) is 46.0 Å². The molecule has 11 aromatic rings. The molecule has 0 spiro atoms. The first-order valence-corrected chi connectivity index (χ1v) is 23.1. The highest BCUT2D eigenvalue weighted by Crippen LogP contribution is 2.43. The number of fused-ring (bicyclic) bond motifs is 6. The number of para-hydroxylation sites is 2. The third-order valence-corrected chi connectivity index (χ3v) is 13.4. The number of furan rings is 1. The van der Waals surface area contributed by atoms with Crippen molar-refractivity contribution >= 4 is 43.7 Å². The third-order valence-electron chi connectivity index (χ3n) is 13.4. The maximum absolute atomic E-state index is 6.79. The molecule has 1 atom stereocenters. The molecule has 2 heterocycles. The second-order valence-electron chi connectivity index (χ2n) is 17.4. The molecule has 0 fully saturated rings. The molecule has 0 saturated carbocycles. The quantitative estimate of drug-likeness (QED) is 0.120. The molecule has 0 aliphatic heterocycles. The van der Waals surface area contributed by atoms with Gasteiger partial charge in [0.25, 0.3) is 0 Å². The second-order valence-corrected chi connectivity index (χ2v) is 17.4. The fourth-order valence-corrected chi connectivity index (χ4v) is 10.0. The summed E-state index contributed by atoms with van der Waals surface area (Å²) in [4.78, 5) is 0. The van der Waals surface area contributed by atoms with E-state index in [0.717, 1.165) is 44.7 Å². The lowest BCUT2D eigenvalue weighted by atomic mass is 9.91. The van der Waals surface area contributed by atoms with Gasteiger partial charge >= 0.3 is 0 Å². The van der Waals surface area contributed by atoms with Crippen LogP contribution in [0.2, 0.25) is 0 Å². The van der Waals surface area contributed by atoms with E-state index in [-0.39, 0.29) is 0 Å². The highest BCUT2D eigenvalue weighted by Gasteiger charge is 2.19. The predicted octanol–water partition coefficient (Wildman–Crippen LogP) is 17.8. The number of rotatable bonds is 12. The summed E-state index contributed by atoms with van der Waals surface area (Å²) in [6.45, 7) is 4.62. The smallest absolute Gasteiger partial charge is 0.143 e. The van der Waals surface area contributed by atoms with Gasteiger partial charge in [0.1, 0.15) is 11.2 Å². The minimum Gasteiger partial charge on any atom is -0.455 e. The summed E-state index contributed by atoms with van der Waals surface area (Å²) in [6, 6.07) is 75.4. The normalized spacial score (nSPS) is 12.2. The zero-order valence-corrected chi connectivity index (χ0v) is 36.6. The van der Waals surface area contributed by atoms with Gasteiger partial charge in [-0.3, -0.25) is 0 Å². The van der Waals surface area contributed by atoms with Crippen LogP contribution >= 0.6 is 0 Å². The zero-order valence-electron chi connectivity index (χ0n) is 36.6. The Balaban J connectivity index is 0.941. The predicted molar refractivity (Wildman–Crippen MR) is 272 cm³/mol. The fourth-order valence-electron chi connectivity index (χ4n) is 10.0. The van der Waals surface area contributed by atoms with Gasteiger partial charge in [0.2, 0.25) is 0 Å². The molecule has 1 unspecified atom stereocenters. The van der Waals surface area contributed by atoms with Crippen LogP contribution in [0.1, 0.15) is 45.1 Å². The van der Waals surface area contributed by atoms with Crippen LogP contribution in [-0.4, -0.2) is 4.57 Å². The van der Waals surface area contributed by atoms with Gasteiger partial charge in [-0.1, -0.05) is 191 Å². The summed E-state index contributed by atoms with van der Waals surface area (Å²) in [7, 11) is 0. The largest absolute Gasteiger partial charge is 0.455 e. The van der Waals surface area contributed by atoms with Crippen LogP contribution in [0, 0.1) is 5.92 Å². The van der Waals surface area contributed by atoms with Crippen molar-refractivity contribution in [1.82, 2.24) is 4.57 Å². The number of hydrogen-bond acceptors (Lipinski definition) is 1. The molecule has 2 heteroatoms. The van der Waals surface area contributed by atoms with Crippen molar-refractivity contribution in [1.29, 1.82) is 0 Å². The number of unbranched alkanes of at least 4 members (excludes halogenated alkanes) is 1. The van der Waals surface area contributed by atoms with E-state index in [2.05, 4.69) is 225 Å². The zero-order chi connectivity index (χ0) is 43.0. The lowest BCUT2D eigenvalue weighted by Gasteiger charge is -2.15. The van der Waals surface area contributed by atoms with Crippen LogP contribution in [0.15, 0.2) is 211 Å². The van der Waals surface area contributed by atoms with E-state index in [1.165, 1.54) is 104 Å². The monoisotopic (exact) mass is 825 g/mol. The maximum Gasteiger partial charge on any atom is 0.143 e. The van der Waals surface area contributed by atoms with Gasteiger partial charge in [0, 0.05) is 32.8 Å². The molecule has 2 nitrogen and oxygen atoms in total. The minimum atomic E-state index is 0.767. The number of hydrogen-bond donors (Lipinski definition) is 0. The highest BCUT2D eigenvalue weighted by atomic mass is 16.3. The molecule has 11 rings (SSSR count). The average molecular weight is 826 g/mol. The van der Waals surface area contributed by atoms with Crippen LogP contribution < -0.4 is 0 Å². The van der Waals surface area contributed by atoms with Gasteiger partial charge < -0.3 is 8.98 Å². The van der Waals surface area contributed by atoms with E-state index >= 15 is 0 Å². The van der Waals surface area contributed by atoms with E-state index in [0.29, 0.717) is 0 Å². The molecule has 2 aromatic heterocycles. The molecule has 0 radical (unpaired) electrons. The van der Waals surface area contributed by atoms with Gasteiger partial charge in [-0.25, -0.2) is 0 Å². The Kier molecular flexibility index (Phi) is 10.5. The first-order valence-electron chi connectivity index (χ1n) is 23.1. The molecular formula is C62H51NO. The maximum atomic E-state index is 6.79. The van der Waals surface area contributed by atoms with E-state index in [4.69, 9.17) is 4.42 Å². The lowest BCUT2D eigenvalue weighted by molar-refractivity contribution is 0.449. The van der Waals surface area contributed by atoms with E-state index in [1.54, 1.807) is 0 Å². The van der Waals surface area contributed by atoms with Crippen molar-refractivity contribution in [2.24, 2.45) is 5.92 Å². The van der Waals surface area contributed by atoms with Gasteiger partial charge in [0.05, 0.1) is 11.0 Å².